The van der Waals surface area contributed by atoms with E-state index in [0.717, 1.165) is 5.56 Å². The Kier molecular flexibility index (Phi) is 4.93. The van der Waals surface area contributed by atoms with Crippen LogP contribution in [0.4, 0.5) is 0 Å². The molecule has 4 heteroatoms. The molecule has 2 unspecified atom stereocenters. The fraction of sp³-hybridized carbons (Fsp3) is 0.312. The third kappa shape index (κ3) is 3.46. The molecule has 1 aromatic heterocycles. The molecule has 2 rings (SSSR count). The predicted molar refractivity (Wildman–Crippen MR) is 83.4 cm³/mol. The van der Waals surface area contributed by atoms with Gasteiger partial charge in [-0.25, -0.2) is 0 Å². The molecule has 0 radical (unpaired) electrons. The molecule has 0 aliphatic carbocycles. The van der Waals surface area contributed by atoms with Crippen molar-refractivity contribution < 1.29 is 4.79 Å². The summed E-state index contributed by atoms with van der Waals surface area (Å²) >= 11 is 1.65. The van der Waals surface area contributed by atoms with Gasteiger partial charge in [0.25, 0.3) is 0 Å². The normalized spacial score (nSPS) is 13.8. The first kappa shape index (κ1) is 14.8. The van der Waals surface area contributed by atoms with E-state index in [0.29, 0.717) is 6.54 Å². The molecule has 0 fully saturated rings. The summed E-state index contributed by atoms with van der Waals surface area (Å²) in [4.78, 5) is 12.2. The average molecular weight is 288 g/mol. The lowest BCUT2D eigenvalue weighted by atomic mass is 9.94. The van der Waals surface area contributed by atoms with Crippen LogP contribution in [0.15, 0.2) is 41.1 Å². The topological polar surface area (TPSA) is 55.1 Å². The van der Waals surface area contributed by atoms with Crippen LogP contribution in [0.5, 0.6) is 0 Å². The number of amides is 1. The Bertz CT molecular complexity index is 565. The maximum absolute atomic E-state index is 12.2. The van der Waals surface area contributed by atoms with Crippen LogP contribution in [0.3, 0.4) is 0 Å². The van der Waals surface area contributed by atoms with Crippen LogP contribution < -0.4 is 11.1 Å². The van der Waals surface area contributed by atoms with Crippen molar-refractivity contribution in [3.8, 4) is 0 Å². The summed E-state index contributed by atoms with van der Waals surface area (Å²) < 4.78 is 0. The molecule has 20 heavy (non-hydrogen) atoms. The molecule has 3 nitrogen and oxygen atoms in total. The maximum Gasteiger partial charge on any atom is 0.225 e. The van der Waals surface area contributed by atoms with E-state index in [1.54, 1.807) is 11.3 Å². The Labute approximate surface area is 123 Å². The largest absolute Gasteiger partial charge is 0.352 e. The first-order valence-electron chi connectivity index (χ1n) is 6.69. The summed E-state index contributed by atoms with van der Waals surface area (Å²) in [7, 11) is 0. The minimum absolute atomic E-state index is 0.00745. The van der Waals surface area contributed by atoms with Gasteiger partial charge in [0.1, 0.15) is 0 Å². The number of carbonyl (C=O) groups excluding carboxylic acids is 1. The Morgan fingerprint density at radius 1 is 1.30 bits per heavy atom. The van der Waals surface area contributed by atoms with Gasteiger partial charge < -0.3 is 11.1 Å². The molecule has 0 aliphatic heterocycles. The number of nitrogens with one attached hydrogen (secondary N) is 1. The molecule has 3 N–H and O–H groups in total. The molecular weight excluding hydrogens is 268 g/mol. The minimum atomic E-state index is -0.278. The predicted octanol–water partition coefficient (Wildman–Crippen LogP) is 3.01. The summed E-state index contributed by atoms with van der Waals surface area (Å²) in [6, 6.07) is 9.46. The first-order valence-corrected chi connectivity index (χ1v) is 7.63. The highest BCUT2D eigenvalue weighted by Crippen LogP contribution is 2.19. The van der Waals surface area contributed by atoms with Crippen LogP contribution in [0.1, 0.15) is 29.7 Å². The zero-order chi connectivity index (χ0) is 14.5. The van der Waals surface area contributed by atoms with E-state index in [9.17, 15) is 4.79 Å². The van der Waals surface area contributed by atoms with Crippen molar-refractivity contribution in [1.82, 2.24) is 5.32 Å². The van der Waals surface area contributed by atoms with Crippen molar-refractivity contribution in [2.24, 2.45) is 11.7 Å². The van der Waals surface area contributed by atoms with Gasteiger partial charge in [-0.3, -0.25) is 4.79 Å². The van der Waals surface area contributed by atoms with E-state index in [1.165, 1.54) is 11.1 Å². The summed E-state index contributed by atoms with van der Waals surface area (Å²) in [5, 5.41) is 7.11. The zero-order valence-electron chi connectivity index (χ0n) is 11.8. The van der Waals surface area contributed by atoms with Gasteiger partial charge in [-0.05, 0) is 34.4 Å². The highest BCUT2D eigenvalue weighted by molar-refractivity contribution is 7.08. The van der Waals surface area contributed by atoms with Gasteiger partial charge in [0, 0.05) is 12.6 Å². The lowest BCUT2D eigenvalue weighted by molar-refractivity contribution is -0.125. The van der Waals surface area contributed by atoms with E-state index in [1.807, 2.05) is 37.3 Å². The molecule has 2 aromatic rings. The molecule has 1 amide bonds. The van der Waals surface area contributed by atoms with Gasteiger partial charge in [0.05, 0.1) is 5.92 Å². The molecule has 1 aromatic carbocycles. The van der Waals surface area contributed by atoms with Crippen molar-refractivity contribution >= 4 is 17.2 Å². The first-order chi connectivity index (χ1) is 9.59. The van der Waals surface area contributed by atoms with Crippen LogP contribution in [-0.4, -0.2) is 5.91 Å². The third-order valence-corrected chi connectivity index (χ3v) is 4.46. The Morgan fingerprint density at radius 3 is 2.60 bits per heavy atom. The van der Waals surface area contributed by atoms with Crippen LogP contribution in [0, 0.1) is 12.8 Å². The van der Waals surface area contributed by atoms with Crippen molar-refractivity contribution in [3.63, 3.8) is 0 Å². The van der Waals surface area contributed by atoms with E-state index in [4.69, 9.17) is 5.73 Å². The summed E-state index contributed by atoms with van der Waals surface area (Å²) in [5.74, 6) is -0.261. The van der Waals surface area contributed by atoms with Gasteiger partial charge in [0.15, 0.2) is 0 Å². The lowest BCUT2D eigenvalue weighted by Crippen LogP contribution is -2.35. The molecule has 1 heterocycles. The summed E-state index contributed by atoms with van der Waals surface area (Å²) in [5.41, 5.74) is 9.54. The number of hydrogen-bond donors (Lipinski definition) is 2. The number of benzene rings is 1. The standard InChI is InChI=1S/C16H20N2OS/c1-11-9-20-10-14(11)8-18-16(19)12(2)15(17)13-6-4-3-5-7-13/h3-7,9-10,12,15H,8,17H2,1-2H3,(H,18,19). The Hall–Kier alpha value is -1.65. The molecular formula is C16H20N2OS. The lowest BCUT2D eigenvalue weighted by Gasteiger charge is -2.19. The van der Waals surface area contributed by atoms with E-state index < -0.39 is 0 Å². The number of aryl methyl sites for hydroxylation is 1. The zero-order valence-corrected chi connectivity index (χ0v) is 12.6. The second kappa shape index (κ2) is 6.68. The van der Waals surface area contributed by atoms with Crippen LogP contribution in [0.25, 0.3) is 0 Å². The Morgan fingerprint density at radius 2 is 2.00 bits per heavy atom. The van der Waals surface area contributed by atoms with Gasteiger partial charge >= 0.3 is 0 Å². The van der Waals surface area contributed by atoms with Crippen molar-refractivity contribution in [1.29, 1.82) is 0 Å². The molecule has 0 spiro atoms. The number of thiophene rings is 1. The molecule has 0 saturated heterocycles. The van der Waals surface area contributed by atoms with Crippen molar-refractivity contribution in [2.75, 3.05) is 0 Å². The Balaban J connectivity index is 1.93. The average Bonchev–Trinajstić information content (AvgIpc) is 2.89. The fourth-order valence-corrected chi connectivity index (χ4v) is 2.90. The van der Waals surface area contributed by atoms with E-state index in [2.05, 4.69) is 23.0 Å². The highest BCUT2D eigenvalue weighted by Gasteiger charge is 2.21. The maximum atomic E-state index is 12.2. The number of hydrogen-bond acceptors (Lipinski definition) is 3. The fourth-order valence-electron chi connectivity index (χ4n) is 2.04. The quantitative estimate of drug-likeness (QED) is 0.888. The smallest absolute Gasteiger partial charge is 0.225 e. The number of rotatable bonds is 5. The minimum Gasteiger partial charge on any atom is -0.352 e. The van der Waals surface area contributed by atoms with Crippen LogP contribution in [-0.2, 0) is 11.3 Å². The highest BCUT2D eigenvalue weighted by atomic mass is 32.1. The van der Waals surface area contributed by atoms with Crippen molar-refractivity contribution in [3.05, 3.63) is 57.8 Å². The van der Waals surface area contributed by atoms with Crippen LogP contribution >= 0.6 is 11.3 Å². The van der Waals surface area contributed by atoms with Gasteiger partial charge in [0.2, 0.25) is 5.91 Å². The molecule has 106 valence electrons. The third-order valence-electron chi connectivity index (χ3n) is 3.55. The molecule has 0 aliphatic rings. The number of nitrogens with two attached hydrogens (primary N) is 1. The molecule has 0 bridgehead atoms. The monoisotopic (exact) mass is 288 g/mol. The number of carbonyl (C=O) groups is 1. The summed E-state index contributed by atoms with van der Waals surface area (Å²) in [6.07, 6.45) is 0. The van der Waals surface area contributed by atoms with Gasteiger partial charge in [-0.2, -0.15) is 11.3 Å². The van der Waals surface area contributed by atoms with Gasteiger partial charge in [-0.15, -0.1) is 0 Å². The SMILES string of the molecule is Cc1cscc1CNC(=O)C(C)C(N)c1ccccc1. The van der Waals surface area contributed by atoms with E-state index >= 15 is 0 Å². The second-order valence-corrected chi connectivity index (χ2v) is 5.77. The molecule has 0 saturated carbocycles. The van der Waals surface area contributed by atoms with Crippen LogP contribution in [0.2, 0.25) is 0 Å². The molecule has 2 atom stereocenters. The van der Waals surface area contributed by atoms with Crippen molar-refractivity contribution in [2.45, 2.75) is 26.4 Å². The summed E-state index contributed by atoms with van der Waals surface area (Å²) in [6.45, 7) is 4.49. The second-order valence-electron chi connectivity index (χ2n) is 5.02. The van der Waals surface area contributed by atoms with Gasteiger partial charge in [-0.1, -0.05) is 37.3 Å². The van der Waals surface area contributed by atoms with E-state index in [-0.39, 0.29) is 17.9 Å².